The van der Waals surface area contributed by atoms with E-state index >= 15 is 0 Å². The number of rotatable bonds is 4. The molecule has 0 bridgehead atoms. The van der Waals surface area contributed by atoms with Crippen molar-refractivity contribution in [2.75, 3.05) is 40.4 Å². The fraction of sp³-hybridized carbons (Fsp3) is 0.571. The van der Waals surface area contributed by atoms with Gasteiger partial charge in [-0.1, -0.05) is 11.6 Å². The van der Waals surface area contributed by atoms with Gasteiger partial charge >= 0.3 is 0 Å². The minimum atomic E-state index is -3.63. The Labute approximate surface area is 147 Å². The van der Waals surface area contributed by atoms with Crippen molar-refractivity contribution >= 4 is 34.0 Å². The minimum absolute atomic E-state index is 0. The number of nitrogens with zero attached hydrogens (tertiary/aromatic N) is 1. The maximum atomic E-state index is 12.9. The van der Waals surface area contributed by atoms with Gasteiger partial charge in [0.05, 0.1) is 19.2 Å². The highest BCUT2D eigenvalue weighted by molar-refractivity contribution is 7.89. The lowest BCUT2D eigenvalue weighted by atomic mass is 10.0. The van der Waals surface area contributed by atoms with Crippen molar-refractivity contribution in [3.63, 3.8) is 0 Å². The second kappa shape index (κ2) is 7.03. The summed E-state index contributed by atoms with van der Waals surface area (Å²) in [5.41, 5.74) is 0. The van der Waals surface area contributed by atoms with Crippen LogP contribution in [-0.2, 0) is 10.0 Å². The van der Waals surface area contributed by atoms with E-state index in [2.05, 4.69) is 5.32 Å². The quantitative estimate of drug-likeness (QED) is 0.856. The SMILES string of the molecule is COc1cc(Cl)c(S(=O)(=O)N2C[C@H]3CNC[C@H]3C2)cc1OC.Cl. The van der Waals surface area contributed by atoms with Crippen LogP contribution in [0.5, 0.6) is 11.5 Å². The van der Waals surface area contributed by atoms with Gasteiger partial charge in [-0.3, -0.25) is 0 Å². The molecule has 0 radical (unpaired) electrons. The van der Waals surface area contributed by atoms with Crippen molar-refractivity contribution in [1.82, 2.24) is 9.62 Å². The molecule has 0 amide bonds. The minimum Gasteiger partial charge on any atom is -0.493 e. The summed E-state index contributed by atoms with van der Waals surface area (Å²) in [7, 11) is -0.681. The molecule has 0 unspecified atom stereocenters. The van der Waals surface area contributed by atoms with Crippen LogP contribution < -0.4 is 14.8 Å². The molecule has 0 aliphatic carbocycles. The predicted molar refractivity (Wildman–Crippen MR) is 90.4 cm³/mol. The number of ether oxygens (including phenoxy) is 2. The maximum Gasteiger partial charge on any atom is 0.244 e. The molecular formula is C14H20Cl2N2O4S. The fourth-order valence-corrected chi connectivity index (χ4v) is 5.24. The first-order chi connectivity index (χ1) is 10.5. The standard InChI is InChI=1S/C14H19ClN2O4S.ClH/c1-20-12-3-11(15)14(4-13(12)21-2)22(18,19)17-7-9-5-16-6-10(9)8-17;/h3-4,9-10,16H,5-8H2,1-2H3;1H/t9-,10+;. The first-order valence-corrected chi connectivity index (χ1v) is 8.91. The molecule has 1 N–H and O–H groups in total. The van der Waals surface area contributed by atoms with E-state index in [0.717, 1.165) is 13.1 Å². The lowest BCUT2D eigenvalue weighted by Gasteiger charge is -2.19. The highest BCUT2D eigenvalue weighted by atomic mass is 35.5. The summed E-state index contributed by atoms with van der Waals surface area (Å²) in [6.45, 7) is 2.81. The molecule has 0 saturated carbocycles. The zero-order valence-electron chi connectivity index (χ0n) is 12.9. The molecule has 2 heterocycles. The molecular weight excluding hydrogens is 363 g/mol. The Hall–Kier alpha value is -0.730. The molecule has 1 aromatic rings. The van der Waals surface area contributed by atoms with Crippen LogP contribution in [0, 0.1) is 11.8 Å². The van der Waals surface area contributed by atoms with E-state index in [1.807, 2.05) is 0 Å². The number of methoxy groups -OCH3 is 2. The summed E-state index contributed by atoms with van der Waals surface area (Å²) in [5.74, 6) is 1.53. The first kappa shape index (κ1) is 18.6. The Balaban J connectivity index is 0.00000192. The number of nitrogens with one attached hydrogen (secondary N) is 1. The van der Waals surface area contributed by atoms with Crippen molar-refractivity contribution < 1.29 is 17.9 Å². The molecule has 2 atom stereocenters. The molecule has 2 fully saturated rings. The number of hydrogen-bond donors (Lipinski definition) is 1. The summed E-state index contributed by atoms with van der Waals surface area (Å²) in [6, 6.07) is 2.91. The molecule has 1 aromatic carbocycles. The van der Waals surface area contributed by atoms with Gasteiger partial charge < -0.3 is 14.8 Å². The molecule has 2 aliphatic heterocycles. The third kappa shape index (κ3) is 3.25. The van der Waals surface area contributed by atoms with E-state index in [4.69, 9.17) is 21.1 Å². The molecule has 2 saturated heterocycles. The van der Waals surface area contributed by atoms with E-state index in [1.54, 1.807) is 0 Å². The lowest BCUT2D eigenvalue weighted by Crippen LogP contribution is -2.32. The number of benzene rings is 1. The predicted octanol–water partition coefficient (Wildman–Crippen LogP) is 1.62. The van der Waals surface area contributed by atoms with Gasteiger partial charge in [-0.25, -0.2) is 8.42 Å². The zero-order chi connectivity index (χ0) is 15.9. The van der Waals surface area contributed by atoms with Gasteiger partial charge in [0.1, 0.15) is 4.90 Å². The van der Waals surface area contributed by atoms with Crippen molar-refractivity contribution in [3.8, 4) is 11.5 Å². The fourth-order valence-electron chi connectivity index (χ4n) is 3.18. The normalized spacial score (nSPS) is 24.1. The maximum absolute atomic E-state index is 12.9. The van der Waals surface area contributed by atoms with Crippen LogP contribution in [0.4, 0.5) is 0 Å². The topological polar surface area (TPSA) is 67.9 Å². The number of hydrogen-bond acceptors (Lipinski definition) is 5. The number of sulfonamides is 1. The van der Waals surface area contributed by atoms with Gasteiger partial charge in [0.25, 0.3) is 0 Å². The van der Waals surface area contributed by atoms with Crippen LogP contribution in [0.1, 0.15) is 0 Å². The third-order valence-corrected chi connectivity index (χ3v) is 6.71. The second-order valence-electron chi connectivity index (χ2n) is 5.64. The van der Waals surface area contributed by atoms with Gasteiger partial charge in [0.15, 0.2) is 11.5 Å². The van der Waals surface area contributed by atoms with Crippen LogP contribution in [0.3, 0.4) is 0 Å². The smallest absolute Gasteiger partial charge is 0.244 e. The van der Waals surface area contributed by atoms with Crippen molar-refractivity contribution in [1.29, 1.82) is 0 Å². The molecule has 23 heavy (non-hydrogen) atoms. The lowest BCUT2D eigenvalue weighted by molar-refractivity contribution is 0.353. The van der Waals surface area contributed by atoms with Crippen molar-refractivity contribution in [2.45, 2.75) is 4.90 Å². The van der Waals surface area contributed by atoms with Crippen LogP contribution in [0.25, 0.3) is 0 Å². The van der Waals surface area contributed by atoms with E-state index < -0.39 is 10.0 Å². The van der Waals surface area contributed by atoms with Gasteiger partial charge in [-0.15, -0.1) is 12.4 Å². The van der Waals surface area contributed by atoms with E-state index in [0.29, 0.717) is 36.4 Å². The third-order valence-electron chi connectivity index (χ3n) is 4.41. The van der Waals surface area contributed by atoms with Crippen LogP contribution in [0.15, 0.2) is 17.0 Å². The first-order valence-electron chi connectivity index (χ1n) is 7.09. The highest BCUT2D eigenvalue weighted by Gasteiger charge is 2.42. The Kier molecular flexibility index (Phi) is 5.68. The molecule has 0 spiro atoms. The van der Waals surface area contributed by atoms with Crippen molar-refractivity contribution in [2.24, 2.45) is 11.8 Å². The van der Waals surface area contributed by atoms with Crippen LogP contribution in [-0.4, -0.2) is 53.1 Å². The Morgan fingerprint density at radius 3 is 2.17 bits per heavy atom. The van der Waals surface area contributed by atoms with E-state index in [9.17, 15) is 8.42 Å². The average Bonchev–Trinajstić information content (AvgIpc) is 3.08. The molecule has 130 valence electrons. The van der Waals surface area contributed by atoms with Gasteiger partial charge in [0, 0.05) is 25.2 Å². The van der Waals surface area contributed by atoms with Crippen LogP contribution in [0.2, 0.25) is 5.02 Å². The number of fused-ring (bicyclic) bond motifs is 1. The van der Waals surface area contributed by atoms with E-state index in [1.165, 1.54) is 30.7 Å². The second-order valence-corrected chi connectivity index (χ2v) is 7.95. The molecule has 2 aliphatic rings. The Bertz CT molecular complexity index is 672. The van der Waals surface area contributed by atoms with Gasteiger partial charge in [-0.05, 0) is 24.9 Å². The summed E-state index contributed by atoms with van der Waals surface area (Å²) in [5, 5.41) is 3.44. The van der Waals surface area contributed by atoms with Gasteiger partial charge in [-0.2, -0.15) is 4.31 Å². The highest BCUT2D eigenvalue weighted by Crippen LogP contribution is 2.38. The molecule has 3 rings (SSSR count). The summed E-state index contributed by atoms with van der Waals surface area (Å²) in [6.07, 6.45) is 0. The van der Waals surface area contributed by atoms with E-state index in [-0.39, 0.29) is 22.3 Å². The molecule has 6 nitrogen and oxygen atoms in total. The largest absolute Gasteiger partial charge is 0.493 e. The Morgan fingerprint density at radius 1 is 1.13 bits per heavy atom. The molecule has 0 aromatic heterocycles. The van der Waals surface area contributed by atoms with Gasteiger partial charge in [0.2, 0.25) is 10.0 Å². The summed E-state index contributed by atoms with van der Waals surface area (Å²) >= 11 is 6.17. The molecule has 9 heteroatoms. The monoisotopic (exact) mass is 382 g/mol. The summed E-state index contributed by atoms with van der Waals surface area (Å²) in [4.78, 5) is 0.0692. The average molecular weight is 383 g/mol. The van der Waals surface area contributed by atoms with Crippen molar-refractivity contribution in [3.05, 3.63) is 17.2 Å². The number of halogens is 2. The van der Waals surface area contributed by atoms with Crippen LogP contribution >= 0.6 is 24.0 Å². The summed E-state index contributed by atoms with van der Waals surface area (Å²) < 4.78 is 37.6. The zero-order valence-corrected chi connectivity index (χ0v) is 15.3. The Morgan fingerprint density at radius 2 is 1.65 bits per heavy atom.